The van der Waals surface area contributed by atoms with Gasteiger partial charge in [-0.15, -0.1) is 11.6 Å². The van der Waals surface area contributed by atoms with Crippen molar-refractivity contribution in [2.45, 2.75) is 39.2 Å². The van der Waals surface area contributed by atoms with Crippen molar-refractivity contribution < 1.29 is 4.79 Å². The Hall–Kier alpha value is -0.280. The van der Waals surface area contributed by atoms with Crippen LogP contribution in [0, 0.1) is 0 Å². The molecule has 3 nitrogen and oxygen atoms in total. The second-order valence-corrected chi connectivity index (χ2v) is 4.77. The van der Waals surface area contributed by atoms with Gasteiger partial charge in [0.2, 0.25) is 5.91 Å². The minimum atomic E-state index is 0.00533. The zero-order valence-corrected chi connectivity index (χ0v) is 11.0. The number of alkyl halides is 1. The number of likely N-dealkylation sites (N-methyl/N-ethyl adjacent to an activating group) is 1. The van der Waals surface area contributed by atoms with Gasteiger partial charge in [-0.25, -0.2) is 0 Å². The first-order chi connectivity index (χ1) is 6.94. The van der Waals surface area contributed by atoms with Crippen LogP contribution in [0.5, 0.6) is 0 Å². The van der Waals surface area contributed by atoms with E-state index in [1.807, 2.05) is 0 Å². The van der Waals surface area contributed by atoms with Gasteiger partial charge in [0.1, 0.15) is 0 Å². The maximum atomic E-state index is 11.4. The van der Waals surface area contributed by atoms with Crippen molar-refractivity contribution in [1.29, 1.82) is 0 Å². The normalized spacial score (nSPS) is 11.9. The first-order valence-corrected chi connectivity index (χ1v) is 6.01. The highest BCUT2D eigenvalue weighted by atomic mass is 35.5. The third-order valence-electron chi connectivity index (χ3n) is 2.76. The van der Waals surface area contributed by atoms with E-state index in [1.165, 1.54) is 0 Å². The third-order valence-corrected chi connectivity index (χ3v) is 3.03. The molecule has 1 amide bonds. The van der Waals surface area contributed by atoms with Gasteiger partial charge in [-0.05, 0) is 33.9 Å². The van der Waals surface area contributed by atoms with Gasteiger partial charge in [0, 0.05) is 24.4 Å². The van der Waals surface area contributed by atoms with E-state index in [0.29, 0.717) is 18.8 Å². The van der Waals surface area contributed by atoms with Crippen molar-refractivity contribution in [2.75, 3.05) is 26.0 Å². The number of carbonyl (C=O) groups is 1. The van der Waals surface area contributed by atoms with Crippen LogP contribution in [-0.2, 0) is 4.79 Å². The Balaban J connectivity index is 3.87. The van der Waals surface area contributed by atoms with E-state index < -0.39 is 0 Å². The molecule has 0 saturated carbocycles. The highest BCUT2D eigenvalue weighted by molar-refractivity contribution is 6.17. The molecule has 4 heteroatoms. The molecule has 0 heterocycles. The van der Waals surface area contributed by atoms with Crippen molar-refractivity contribution in [3.8, 4) is 0 Å². The molecule has 0 aliphatic heterocycles. The summed E-state index contributed by atoms with van der Waals surface area (Å²) in [5.41, 5.74) is 0.00533. The maximum Gasteiger partial charge on any atom is 0.220 e. The van der Waals surface area contributed by atoms with Crippen molar-refractivity contribution in [1.82, 2.24) is 10.2 Å². The number of hydrogen-bond donors (Lipinski definition) is 1. The molecule has 0 radical (unpaired) electrons. The predicted molar refractivity (Wildman–Crippen MR) is 65.3 cm³/mol. The summed E-state index contributed by atoms with van der Waals surface area (Å²) in [6.07, 6.45) is 1.27. The minimum absolute atomic E-state index is 0.00533. The van der Waals surface area contributed by atoms with Gasteiger partial charge in [0.05, 0.1) is 0 Å². The quantitative estimate of drug-likeness (QED) is 0.682. The molecule has 0 atom stereocenters. The van der Waals surface area contributed by atoms with Crippen LogP contribution in [0.25, 0.3) is 0 Å². The van der Waals surface area contributed by atoms with Crippen molar-refractivity contribution >= 4 is 17.5 Å². The molecule has 0 rings (SSSR count). The summed E-state index contributed by atoms with van der Waals surface area (Å²) in [6, 6.07) is 0. The first-order valence-electron chi connectivity index (χ1n) is 5.48. The summed E-state index contributed by atoms with van der Waals surface area (Å²) in [5, 5.41) is 2.93. The molecule has 15 heavy (non-hydrogen) atoms. The van der Waals surface area contributed by atoms with Gasteiger partial charge >= 0.3 is 0 Å². The SMILES string of the molecule is CCN(C)C(C)(C)CNC(=O)CCCCl. The minimum Gasteiger partial charge on any atom is -0.354 e. The zero-order chi connectivity index (χ0) is 11.9. The van der Waals surface area contributed by atoms with Crippen LogP contribution in [0.15, 0.2) is 0 Å². The average molecular weight is 235 g/mol. The Labute approximate surface area is 98.2 Å². The Morgan fingerprint density at radius 1 is 1.47 bits per heavy atom. The average Bonchev–Trinajstić information content (AvgIpc) is 2.22. The van der Waals surface area contributed by atoms with Gasteiger partial charge in [-0.3, -0.25) is 9.69 Å². The number of amides is 1. The fraction of sp³-hybridized carbons (Fsp3) is 0.909. The smallest absolute Gasteiger partial charge is 0.220 e. The topological polar surface area (TPSA) is 32.3 Å². The van der Waals surface area contributed by atoms with Gasteiger partial charge in [-0.1, -0.05) is 6.92 Å². The molecule has 0 fully saturated rings. The van der Waals surface area contributed by atoms with E-state index in [1.54, 1.807) is 0 Å². The van der Waals surface area contributed by atoms with E-state index >= 15 is 0 Å². The molecular weight excluding hydrogens is 212 g/mol. The number of hydrogen-bond acceptors (Lipinski definition) is 2. The van der Waals surface area contributed by atoms with E-state index in [-0.39, 0.29) is 11.4 Å². The molecule has 1 N–H and O–H groups in total. The second-order valence-electron chi connectivity index (χ2n) is 4.40. The van der Waals surface area contributed by atoms with Crippen molar-refractivity contribution in [3.63, 3.8) is 0 Å². The molecule has 0 aromatic heterocycles. The highest BCUT2D eigenvalue weighted by Crippen LogP contribution is 2.10. The Morgan fingerprint density at radius 2 is 2.07 bits per heavy atom. The lowest BCUT2D eigenvalue weighted by molar-refractivity contribution is -0.121. The summed E-state index contributed by atoms with van der Waals surface area (Å²) < 4.78 is 0. The zero-order valence-electron chi connectivity index (χ0n) is 10.3. The Bertz CT molecular complexity index is 195. The second kappa shape index (κ2) is 7.07. The molecule has 90 valence electrons. The lowest BCUT2D eigenvalue weighted by atomic mass is 10.0. The Kier molecular flexibility index (Phi) is 6.94. The largest absolute Gasteiger partial charge is 0.354 e. The van der Waals surface area contributed by atoms with Gasteiger partial charge in [0.15, 0.2) is 0 Å². The van der Waals surface area contributed by atoms with Crippen LogP contribution >= 0.6 is 11.6 Å². The van der Waals surface area contributed by atoms with Crippen LogP contribution in [0.3, 0.4) is 0 Å². The third kappa shape index (κ3) is 6.00. The van der Waals surface area contributed by atoms with Gasteiger partial charge < -0.3 is 5.32 Å². The fourth-order valence-electron chi connectivity index (χ4n) is 1.19. The number of rotatable bonds is 7. The van der Waals surface area contributed by atoms with Crippen LogP contribution < -0.4 is 5.32 Å². The summed E-state index contributed by atoms with van der Waals surface area (Å²) in [6.45, 7) is 8.01. The molecule has 0 aromatic rings. The summed E-state index contributed by atoms with van der Waals surface area (Å²) in [4.78, 5) is 13.6. The molecule has 0 saturated heterocycles. The lowest BCUT2D eigenvalue weighted by Crippen LogP contribution is -2.49. The van der Waals surface area contributed by atoms with E-state index in [2.05, 4.69) is 38.0 Å². The van der Waals surface area contributed by atoms with Crippen LogP contribution in [-0.4, -0.2) is 42.4 Å². The molecule has 0 aliphatic rings. The standard InChI is InChI=1S/C11H23ClN2O/c1-5-14(4)11(2,3)9-13-10(15)7-6-8-12/h5-9H2,1-4H3,(H,13,15). The maximum absolute atomic E-state index is 11.4. The molecule has 0 aromatic carbocycles. The van der Waals surface area contributed by atoms with Crippen molar-refractivity contribution in [3.05, 3.63) is 0 Å². The molecule has 0 aliphatic carbocycles. The predicted octanol–water partition coefficient (Wildman–Crippen LogP) is 1.85. The van der Waals surface area contributed by atoms with E-state index in [4.69, 9.17) is 11.6 Å². The first kappa shape index (κ1) is 14.7. The number of halogens is 1. The van der Waals surface area contributed by atoms with Crippen LogP contribution in [0.1, 0.15) is 33.6 Å². The van der Waals surface area contributed by atoms with Crippen molar-refractivity contribution in [2.24, 2.45) is 0 Å². The lowest BCUT2D eigenvalue weighted by Gasteiger charge is -2.34. The summed E-state index contributed by atoms with van der Waals surface area (Å²) in [5.74, 6) is 0.638. The summed E-state index contributed by atoms with van der Waals surface area (Å²) in [7, 11) is 2.06. The monoisotopic (exact) mass is 234 g/mol. The van der Waals surface area contributed by atoms with Gasteiger partial charge in [-0.2, -0.15) is 0 Å². The summed E-state index contributed by atoms with van der Waals surface area (Å²) >= 11 is 5.52. The fourth-order valence-corrected chi connectivity index (χ4v) is 1.33. The van der Waals surface area contributed by atoms with Crippen LogP contribution in [0.2, 0.25) is 0 Å². The Morgan fingerprint density at radius 3 is 2.53 bits per heavy atom. The van der Waals surface area contributed by atoms with Gasteiger partial charge in [0.25, 0.3) is 0 Å². The van der Waals surface area contributed by atoms with E-state index in [9.17, 15) is 4.79 Å². The molecular formula is C11H23ClN2O. The van der Waals surface area contributed by atoms with Crippen LogP contribution in [0.4, 0.5) is 0 Å². The number of nitrogens with one attached hydrogen (secondary N) is 1. The number of nitrogens with zero attached hydrogens (tertiary/aromatic N) is 1. The molecule has 0 bridgehead atoms. The molecule has 0 spiro atoms. The highest BCUT2D eigenvalue weighted by Gasteiger charge is 2.22. The molecule has 0 unspecified atom stereocenters. The van der Waals surface area contributed by atoms with E-state index in [0.717, 1.165) is 13.0 Å². The number of carbonyl (C=O) groups excluding carboxylic acids is 1.